The third-order valence-electron chi connectivity index (χ3n) is 9.68. The Bertz CT molecular complexity index is 2830. The molecule has 0 N–H and O–H groups in total. The Labute approximate surface area is 282 Å². The van der Waals surface area contributed by atoms with Crippen LogP contribution in [0.4, 0.5) is 17.1 Å². The molecule has 2 aromatic heterocycles. The number of anilines is 3. The topological polar surface area (TPSA) is 29.5 Å². The Morgan fingerprint density at radius 1 is 0.347 bits per heavy atom. The number of furan rings is 2. The van der Waals surface area contributed by atoms with Crippen LogP contribution in [0, 0.1) is 0 Å². The van der Waals surface area contributed by atoms with Crippen molar-refractivity contribution in [1.82, 2.24) is 0 Å². The second-order valence-corrected chi connectivity index (χ2v) is 12.5. The first-order valence-corrected chi connectivity index (χ1v) is 16.6. The standard InChI is InChI=1S/C46H29NO2/c1-2-12-30(13-3-1)31-24-27-33(28-25-31)47(41-21-10-19-38-36-17-7-9-22-42(36)48-46(38)41)40-20-8-6-16-35(40)37-18-11-23-43-44(37)39-29-26-32-14-4-5-15-34(32)45(39)49-43/h1-29H. The largest absolute Gasteiger partial charge is 0.455 e. The molecule has 10 aromatic rings. The van der Waals surface area contributed by atoms with Crippen LogP contribution in [-0.2, 0) is 0 Å². The molecule has 0 saturated carbocycles. The molecule has 8 aromatic carbocycles. The molecular weight excluding hydrogens is 599 g/mol. The van der Waals surface area contributed by atoms with Crippen molar-refractivity contribution in [1.29, 1.82) is 0 Å². The van der Waals surface area contributed by atoms with Crippen LogP contribution in [0.2, 0.25) is 0 Å². The van der Waals surface area contributed by atoms with Crippen LogP contribution in [0.1, 0.15) is 0 Å². The summed E-state index contributed by atoms with van der Waals surface area (Å²) < 4.78 is 13.3. The van der Waals surface area contributed by atoms with Gasteiger partial charge in [-0.05, 0) is 64.5 Å². The zero-order valence-corrected chi connectivity index (χ0v) is 26.5. The molecule has 2 heterocycles. The lowest BCUT2D eigenvalue weighted by Crippen LogP contribution is -2.11. The van der Waals surface area contributed by atoms with Crippen molar-refractivity contribution in [2.75, 3.05) is 4.90 Å². The smallest absolute Gasteiger partial charge is 0.159 e. The average Bonchev–Trinajstić information content (AvgIpc) is 3.75. The average molecular weight is 628 g/mol. The third kappa shape index (κ3) is 4.37. The zero-order chi connectivity index (χ0) is 32.3. The van der Waals surface area contributed by atoms with Crippen LogP contribution in [0.3, 0.4) is 0 Å². The number of benzene rings is 8. The van der Waals surface area contributed by atoms with E-state index in [2.05, 4.69) is 169 Å². The van der Waals surface area contributed by atoms with E-state index >= 15 is 0 Å². The van der Waals surface area contributed by atoms with Crippen LogP contribution in [0.5, 0.6) is 0 Å². The predicted molar refractivity (Wildman–Crippen MR) is 204 cm³/mol. The van der Waals surface area contributed by atoms with Gasteiger partial charge in [-0.2, -0.15) is 0 Å². The van der Waals surface area contributed by atoms with Gasteiger partial charge in [0.25, 0.3) is 0 Å². The number of rotatable bonds is 5. The minimum Gasteiger partial charge on any atom is -0.455 e. The van der Waals surface area contributed by atoms with Gasteiger partial charge in [0.1, 0.15) is 16.7 Å². The molecule has 10 rings (SSSR count). The Balaban J connectivity index is 1.24. The summed E-state index contributed by atoms with van der Waals surface area (Å²) in [7, 11) is 0. The highest BCUT2D eigenvalue weighted by Crippen LogP contribution is 2.48. The van der Waals surface area contributed by atoms with E-state index in [0.29, 0.717) is 0 Å². The van der Waals surface area contributed by atoms with Crippen LogP contribution in [0.25, 0.3) is 76.9 Å². The van der Waals surface area contributed by atoms with Crippen molar-refractivity contribution in [3.8, 4) is 22.3 Å². The van der Waals surface area contributed by atoms with E-state index in [1.807, 2.05) is 12.1 Å². The Kier molecular flexibility index (Phi) is 6.18. The molecule has 0 spiro atoms. The third-order valence-corrected chi connectivity index (χ3v) is 9.68. The summed E-state index contributed by atoms with van der Waals surface area (Å²) in [4.78, 5) is 2.34. The van der Waals surface area contributed by atoms with E-state index in [1.165, 1.54) is 16.5 Å². The van der Waals surface area contributed by atoms with E-state index in [9.17, 15) is 0 Å². The van der Waals surface area contributed by atoms with Gasteiger partial charge >= 0.3 is 0 Å². The number of nitrogens with zero attached hydrogens (tertiary/aromatic N) is 1. The normalized spacial score (nSPS) is 11.7. The second-order valence-electron chi connectivity index (χ2n) is 12.5. The van der Waals surface area contributed by atoms with Crippen molar-refractivity contribution in [3.63, 3.8) is 0 Å². The first-order chi connectivity index (χ1) is 24.3. The number of fused-ring (bicyclic) bond motifs is 8. The summed E-state index contributed by atoms with van der Waals surface area (Å²) >= 11 is 0. The fraction of sp³-hybridized carbons (Fsp3) is 0. The lowest BCUT2D eigenvalue weighted by Gasteiger charge is -2.28. The molecule has 230 valence electrons. The van der Waals surface area contributed by atoms with Gasteiger partial charge < -0.3 is 13.7 Å². The van der Waals surface area contributed by atoms with Crippen molar-refractivity contribution in [2.24, 2.45) is 0 Å². The van der Waals surface area contributed by atoms with E-state index in [1.54, 1.807) is 0 Å². The maximum absolute atomic E-state index is 6.65. The van der Waals surface area contributed by atoms with Crippen LogP contribution >= 0.6 is 0 Å². The minimum absolute atomic E-state index is 0.851. The Hall–Kier alpha value is -6.58. The highest BCUT2D eigenvalue weighted by atomic mass is 16.3. The van der Waals surface area contributed by atoms with Gasteiger partial charge in [0.2, 0.25) is 0 Å². The second kappa shape index (κ2) is 11.0. The van der Waals surface area contributed by atoms with Crippen molar-refractivity contribution < 1.29 is 8.83 Å². The first-order valence-electron chi connectivity index (χ1n) is 16.6. The number of hydrogen-bond acceptors (Lipinski definition) is 3. The molecule has 0 radical (unpaired) electrons. The fourth-order valence-corrected chi connectivity index (χ4v) is 7.42. The number of hydrogen-bond donors (Lipinski definition) is 0. The van der Waals surface area contributed by atoms with Gasteiger partial charge in [0.05, 0.1) is 11.4 Å². The van der Waals surface area contributed by atoms with Gasteiger partial charge in [-0.15, -0.1) is 0 Å². The molecule has 49 heavy (non-hydrogen) atoms. The molecule has 0 aliphatic rings. The quantitative estimate of drug-likeness (QED) is 0.190. The predicted octanol–water partition coefficient (Wildman–Crippen LogP) is 13.4. The summed E-state index contributed by atoms with van der Waals surface area (Å²) in [6.45, 7) is 0. The van der Waals surface area contributed by atoms with Crippen molar-refractivity contribution >= 4 is 71.7 Å². The molecule has 0 aliphatic heterocycles. The summed E-state index contributed by atoms with van der Waals surface area (Å²) in [5, 5.41) is 6.70. The monoisotopic (exact) mass is 627 g/mol. The van der Waals surface area contributed by atoms with Gasteiger partial charge in [0, 0.05) is 38.2 Å². The number of para-hydroxylation sites is 3. The van der Waals surface area contributed by atoms with E-state index in [4.69, 9.17) is 8.83 Å². The maximum Gasteiger partial charge on any atom is 0.159 e. The fourth-order valence-electron chi connectivity index (χ4n) is 7.42. The van der Waals surface area contributed by atoms with E-state index < -0.39 is 0 Å². The Morgan fingerprint density at radius 2 is 0.980 bits per heavy atom. The Morgan fingerprint density at radius 3 is 1.88 bits per heavy atom. The molecular formula is C46H29NO2. The minimum atomic E-state index is 0.851. The van der Waals surface area contributed by atoms with Crippen LogP contribution < -0.4 is 4.90 Å². The van der Waals surface area contributed by atoms with Gasteiger partial charge in [-0.3, -0.25) is 0 Å². The lowest BCUT2D eigenvalue weighted by atomic mass is 9.96. The van der Waals surface area contributed by atoms with Crippen LogP contribution in [-0.4, -0.2) is 0 Å². The summed E-state index contributed by atoms with van der Waals surface area (Å²) in [6, 6.07) is 61.9. The zero-order valence-electron chi connectivity index (χ0n) is 26.5. The summed E-state index contributed by atoms with van der Waals surface area (Å²) in [5.41, 5.74) is 11.1. The molecule has 0 aliphatic carbocycles. The van der Waals surface area contributed by atoms with Crippen molar-refractivity contribution in [2.45, 2.75) is 0 Å². The molecule has 0 atom stereocenters. The van der Waals surface area contributed by atoms with E-state index in [-0.39, 0.29) is 0 Å². The molecule has 0 bridgehead atoms. The lowest BCUT2D eigenvalue weighted by molar-refractivity contribution is 0.669. The molecule has 0 unspecified atom stereocenters. The molecule has 0 amide bonds. The van der Waals surface area contributed by atoms with Gasteiger partial charge in [0.15, 0.2) is 5.58 Å². The van der Waals surface area contributed by atoms with Gasteiger partial charge in [-0.25, -0.2) is 0 Å². The highest BCUT2D eigenvalue weighted by molar-refractivity contribution is 6.20. The first kappa shape index (κ1) is 27.5. The van der Waals surface area contributed by atoms with Gasteiger partial charge in [-0.1, -0.05) is 133 Å². The highest BCUT2D eigenvalue weighted by Gasteiger charge is 2.23. The maximum atomic E-state index is 6.65. The van der Waals surface area contributed by atoms with E-state index in [0.717, 1.165) is 77.5 Å². The van der Waals surface area contributed by atoms with Crippen molar-refractivity contribution in [3.05, 3.63) is 176 Å². The summed E-state index contributed by atoms with van der Waals surface area (Å²) in [6.07, 6.45) is 0. The molecule has 0 fully saturated rings. The summed E-state index contributed by atoms with van der Waals surface area (Å²) in [5.74, 6) is 0. The SMILES string of the molecule is c1ccc(-c2ccc(N(c3ccccc3-c3cccc4oc5c6ccccc6ccc5c34)c3cccc4c3oc3ccccc34)cc2)cc1. The van der Waals surface area contributed by atoms with Crippen LogP contribution in [0.15, 0.2) is 185 Å². The molecule has 0 saturated heterocycles. The molecule has 3 nitrogen and oxygen atoms in total. The molecule has 3 heteroatoms.